The number of amides is 1. The zero-order chi connectivity index (χ0) is 20.1. The third kappa shape index (κ3) is 4.82. The molecule has 1 aliphatic heterocycles. The van der Waals surface area contributed by atoms with Crippen molar-refractivity contribution in [2.75, 3.05) is 19.8 Å². The summed E-state index contributed by atoms with van der Waals surface area (Å²) in [5.74, 6) is 2.39. The van der Waals surface area contributed by atoms with Crippen LogP contribution in [0.3, 0.4) is 0 Å². The smallest absolute Gasteiger partial charge is 0.241 e. The number of furan rings is 1. The number of carbonyl (C=O) groups is 1. The first-order valence-electron chi connectivity index (χ1n) is 10.4. The number of hydrogen-bond donors (Lipinski definition) is 1. The molecule has 1 unspecified atom stereocenters. The molecule has 154 valence electrons. The number of benzene rings is 1. The summed E-state index contributed by atoms with van der Waals surface area (Å²) in [4.78, 5) is 14.9. The maximum atomic E-state index is 13.1. The largest absolute Gasteiger partial charge is 0.486 e. The van der Waals surface area contributed by atoms with Crippen molar-refractivity contribution in [3.8, 4) is 11.5 Å². The van der Waals surface area contributed by atoms with Gasteiger partial charge < -0.3 is 24.1 Å². The van der Waals surface area contributed by atoms with E-state index in [2.05, 4.69) is 18.3 Å². The molecule has 6 heteroatoms. The lowest BCUT2D eigenvalue weighted by Gasteiger charge is -2.28. The molecule has 0 radical (unpaired) electrons. The molecule has 0 saturated carbocycles. The van der Waals surface area contributed by atoms with Crippen molar-refractivity contribution in [2.45, 2.75) is 45.2 Å². The Bertz CT molecular complexity index is 860. The van der Waals surface area contributed by atoms with Crippen LogP contribution in [0, 0.1) is 0 Å². The lowest BCUT2D eigenvalue weighted by atomic mass is 10.0. The minimum atomic E-state index is 0.0144. The van der Waals surface area contributed by atoms with Gasteiger partial charge in [-0.2, -0.15) is 0 Å². The number of fused-ring (bicyclic) bond motifs is 1. The Balaban J connectivity index is 1.41. The molecule has 29 heavy (non-hydrogen) atoms. The Morgan fingerprint density at radius 3 is 2.79 bits per heavy atom. The van der Waals surface area contributed by atoms with Crippen LogP contribution in [0.2, 0.25) is 0 Å². The first kappa shape index (κ1) is 19.6. The molecule has 0 fully saturated rings. The maximum absolute atomic E-state index is 13.1. The minimum absolute atomic E-state index is 0.0144. The highest BCUT2D eigenvalue weighted by Crippen LogP contribution is 2.32. The molecule has 1 atom stereocenters. The molecule has 2 aromatic rings. The van der Waals surface area contributed by atoms with E-state index in [-0.39, 0.29) is 18.5 Å². The van der Waals surface area contributed by atoms with Gasteiger partial charge in [-0.1, -0.05) is 12.1 Å². The van der Waals surface area contributed by atoms with Crippen LogP contribution in [0.5, 0.6) is 11.5 Å². The van der Waals surface area contributed by atoms with Gasteiger partial charge in [0.25, 0.3) is 0 Å². The van der Waals surface area contributed by atoms with Crippen LogP contribution < -0.4 is 14.8 Å². The molecule has 0 saturated heterocycles. The highest BCUT2D eigenvalue weighted by Gasteiger charge is 2.22. The monoisotopic (exact) mass is 396 g/mol. The molecule has 1 amide bonds. The fourth-order valence-corrected chi connectivity index (χ4v) is 3.76. The summed E-state index contributed by atoms with van der Waals surface area (Å²) >= 11 is 0. The van der Waals surface area contributed by atoms with Crippen LogP contribution in [0.15, 0.2) is 52.8 Å². The topological polar surface area (TPSA) is 63.9 Å². The quantitative estimate of drug-likeness (QED) is 0.760. The van der Waals surface area contributed by atoms with Crippen molar-refractivity contribution >= 4 is 5.91 Å². The average molecular weight is 396 g/mol. The molecule has 0 spiro atoms. The second-order valence-corrected chi connectivity index (χ2v) is 7.51. The van der Waals surface area contributed by atoms with E-state index in [9.17, 15) is 4.79 Å². The van der Waals surface area contributed by atoms with Crippen LogP contribution >= 0.6 is 0 Å². The molecular formula is C23H28N2O4. The lowest BCUT2D eigenvalue weighted by molar-refractivity contribution is -0.129. The fourth-order valence-electron chi connectivity index (χ4n) is 3.76. The van der Waals surface area contributed by atoms with Crippen LogP contribution in [0.25, 0.3) is 0 Å². The molecule has 1 aromatic heterocycles. The Labute approximate surface area is 171 Å². The van der Waals surface area contributed by atoms with Gasteiger partial charge in [0.15, 0.2) is 11.5 Å². The molecule has 1 N–H and O–H groups in total. The second-order valence-electron chi connectivity index (χ2n) is 7.51. The average Bonchev–Trinajstić information content (AvgIpc) is 3.29. The van der Waals surface area contributed by atoms with Crippen molar-refractivity contribution in [3.05, 3.63) is 59.7 Å². The zero-order valence-electron chi connectivity index (χ0n) is 16.9. The predicted octanol–water partition coefficient (Wildman–Crippen LogP) is 4.19. The van der Waals surface area contributed by atoms with E-state index in [0.717, 1.165) is 47.8 Å². The highest BCUT2D eigenvalue weighted by atomic mass is 16.6. The molecule has 1 aliphatic carbocycles. The van der Waals surface area contributed by atoms with E-state index >= 15 is 0 Å². The lowest BCUT2D eigenvalue weighted by Crippen LogP contribution is -2.38. The van der Waals surface area contributed by atoms with Crippen molar-refractivity contribution in [1.29, 1.82) is 0 Å². The molecular weight excluding hydrogens is 368 g/mol. The molecule has 2 aliphatic rings. The van der Waals surface area contributed by atoms with Gasteiger partial charge in [-0.15, -0.1) is 0 Å². The van der Waals surface area contributed by atoms with Crippen LogP contribution in [0.1, 0.15) is 50.0 Å². The molecule has 2 heterocycles. The van der Waals surface area contributed by atoms with Gasteiger partial charge in [-0.25, -0.2) is 0 Å². The Kier molecular flexibility index (Phi) is 6.20. The van der Waals surface area contributed by atoms with Crippen molar-refractivity contribution in [2.24, 2.45) is 0 Å². The Morgan fingerprint density at radius 2 is 2.03 bits per heavy atom. The number of rotatable bonds is 7. The first-order chi connectivity index (χ1) is 14.2. The van der Waals surface area contributed by atoms with E-state index in [1.807, 2.05) is 35.2 Å². The van der Waals surface area contributed by atoms with Gasteiger partial charge in [0, 0.05) is 11.7 Å². The summed E-state index contributed by atoms with van der Waals surface area (Å²) in [6, 6.07) is 9.71. The van der Waals surface area contributed by atoms with E-state index in [0.29, 0.717) is 19.8 Å². The molecule has 0 bridgehead atoms. The maximum Gasteiger partial charge on any atom is 0.241 e. The van der Waals surface area contributed by atoms with Gasteiger partial charge in [-0.05, 0) is 62.4 Å². The third-order valence-corrected chi connectivity index (χ3v) is 5.43. The standard InChI is InChI=1S/C23H28N2O4/c1-17(18-9-10-21-22(14-18)29-13-12-28-21)24-15-23(26)25(16-20-8-5-11-27-20)19-6-3-2-4-7-19/h5-6,8-11,14,17,24H,2-4,7,12-13,15-16H2,1H3. The number of ether oxygens (including phenoxy) is 2. The summed E-state index contributed by atoms with van der Waals surface area (Å²) in [5.41, 5.74) is 2.17. The third-order valence-electron chi connectivity index (χ3n) is 5.43. The van der Waals surface area contributed by atoms with Crippen molar-refractivity contribution in [3.63, 3.8) is 0 Å². The normalized spacial score (nSPS) is 16.8. The Morgan fingerprint density at radius 1 is 1.17 bits per heavy atom. The molecule has 6 nitrogen and oxygen atoms in total. The van der Waals surface area contributed by atoms with E-state index < -0.39 is 0 Å². The molecule has 4 rings (SSSR count). The van der Waals surface area contributed by atoms with Crippen LogP contribution in [-0.4, -0.2) is 30.6 Å². The summed E-state index contributed by atoms with van der Waals surface area (Å²) in [6.45, 7) is 3.92. The summed E-state index contributed by atoms with van der Waals surface area (Å²) in [7, 11) is 0. The van der Waals surface area contributed by atoms with E-state index in [4.69, 9.17) is 13.9 Å². The van der Waals surface area contributed by atoms with E-state index in [1.165, 1.54) is 6.42 Å². The fraction of sp³-hybridized carbons (Fsp3) is 0.435. The number of nitrogens with zero attached hydrogens (tertiary/aromatic N) is 1. The van der Waals surface area contributed by atoms with Crippen LogP contribution in [-0.2, 0) is 11.3 Å². The van der Waals surface area contributed by atoms with Gasteiger partial charge >= 0.3 is 0 Å². The zero-order valence-corrected chi connectivity index (χ0v) is 16.9. The number of allylic oxidation sites excluding steroid dienone is 2. The number of carbonyl (C=O) groups excluding carboxylic acids is 1. The van der Waals surface area contributed by atoms with Gasteiger partial charge in [-0.3, -0.25) is 4.79 Å². The Hall–Kier alpha value is -2.73. The SMILES string of the molecule is CC(NCC(=O)N(Cc1ccco1)C1=CCCCC1)c1ccc2c(c1)OCCO2. The van der Waals surface area contributed by atoms with Gasteiger partial charge in [0.05, 0.1) is 19.4 Å². The van der Waals surface area contributed by atoms with Crippen molar-refractivity contribution in [1.82, 2.24) is 10.2 Å². The van der Waals surface area contributed by atoms with Gasteiger partial charge in [0.2, 0.25) is 5.91 Å². The summed E-state index contributed by atoms with van der Waals surface area (Å²) in [5, 5.41) is 3.36. The highest BCUT2D eigenvalue weighted by molar-refractivity contribution is 5.80. The summed E-state index contributed by atoms with van der Waals surface area (Å²) < 4.78 is 16.7. The number of hydrogen-bond acceptors (Lipinski definition) is 5. The van der Waals surface area contributed by atoms with Crippen LogP contribution in [0.4, 0.5) is 0 Å². The minimum Gasteiger partial charge on any atom is -0.486 e. The van der Waals surface area contributed by atoms with Crippen molar-refractivity contribution < 1.29 is 18.7 Å². The molecule has 1 aromatic carbocycles. The van der Waals surface area contributed by atoms with Gasteiger partial charge in [0.1, 0.15) is 19.0 Å². The second kappa shape index (κ2) is 9.18. The number of nitrogens with one attached hydrogen (secondary N) is 1. The first-order valence-corrected chi connectivity index (χ1v) is 10.4. The van der Waals surface area contributed by atoms with E-state index in [1.54, 1.807) is 6.26 Å². The summed E-state index contributed by atoms with van der Waals surface area (Å²) in [6.07, 6.45) is 8.10. The predicted molar refractivity (Wildman–Crippen MR) is 110 cm³/mol.